The molecule has 2 saturated carbocycles. The summed E-state index contributed by atoms with van der Waals surface area (Å²) in [6.45, 7) is 2.17. The number of carbonyl (C=O) groups is 2. The van der Waals surface area contributed by atoms with Crippen molar-refractivity contribution >= 4 is 11.8 Å². The summed E-state index contributed by atoms with van der Waals surface area (Å²) in [5.74, 6) is 2.02. The lowest BCUT2D eigenvalue weighted by Crippen LogP contribution is -2.42. The number of Topliss-reactive ketones (excluding diaryl/α,β-unsaturated/α-hetero) is 1. The fourth-order valence-corrected chi connectivity index (χ4v) is 5.48. The van der Waals surface area contributed by atoms with Crippen molar-refractivity contribution in [2.75, 3.05) is 0 Å². The van der Waals surface area contributed by atoms with Crippen LogP contribution in [0.25, 0.3) is 0 Å². The molecule has 22 heavy (non-hydrogen) atoms. The van der Waals surface area contributed by atoms with Crippen molar-refractivity contribution < 1.29 is 14.0 Å². The fourth-order valence-electron chi connectivity index (χ4n) is 5.48. The molecule has 1 aromatic rings. The van der Waals surface area contributed by atoms with Gasteiger partial charge in [0.2, 0.25) is 0 Å². The molecule has 0 aromatic heterocycles. The zero-order valence-corrected chi connectivity index (χ0v) is 12.9. The third-order valence-corrected chi connectivity index (χ3v) is 6.66. The SMILES string of the molecule is C[C@]12CC[C@@H]3c4ccc(C(=O)F)cc4CC[C@H]3[C@@H]1CCC2=O. The second kappa shape index (κ2) is 4.74. The molecule has 0 unspecified atom stereocenters. The van der Waals surface area contributed by atoms with Crippen LogP contribution in [0, 0.1) is 17.3 Å². The Balaban J connectivity index is 1.70. The van der Waals surface area contributed by atoms with Crippen molar-refractivity contribution in [1.82, 2.24) is 0 Å². The number of rotatable bonds is 1. The Labute approximate surface area is 130 Å². The lowest BCUT2D eigenvalue weighted by molar-refractivity contribution is -0.129. The van der Waals surface area contributed by atoms with E-state index in [4.69, 9.17) is 0 Å². The summed E-state index contributed by atoms with van der Waals surface area (Å²) in [7, 11) is 0. The van der Waals surface area contributed by atoms with Crippen LogP contribution in [0.15, 0.2) is 18.2 Å². The zero-order valence-electron chi connectivity index (χ0n) is 12.9. The molecule has 2 nitrogen and oxygen atoms in total. The topological polar surface area (TPSA) is 34.1 Å². The number of hydrogen-bond donors (Lipinski definition) is 0. The van der Waals surface area contributed by atoms with Gasteiger partial charge in [-0.05, 0) is 73.1 Å². The van der Waals surface area contributed by atoms with Crippen LogP contribution < -0.4 is 0 Å². The minimum Gasteiger partial charge on any atom is -0.299 e. The Hall–Kier alpha value is -1.51. The number of ketones is 1. The third-order valence-electron chi connectivity index (χ3n) is 6.66. The molecule has 2 fully saturated rings. The van der Waals surface area contributed by atoms with Gasteiger partial charge in [0.25, 0.3) is 0 Å². The molecule has 4 rings (SSSR count). The van der Waals surface area contributed by atoms with Gasteiger partial charge in [-0.3, -0.25) is 9.59 Å². The van der Waals surface area contributed by atoms with E-state index in [1.165, 1.54) is 5.56 Å². The highest BCUT2D eigenvalue weighted by atomic mass is 19.1. The van der Waals surface area contributed by atoms with Gasteiger partial charge in [0.05, 0.1) is 5.56 Å². The molecule has 1 aromatic carbocycles. The zero-order chi connectivity index (χ0) is 15.5. The maximum Gasteiger partial charge on any atom is 0.332 e. The summed E-state index contributed by atoms with van der Waals surface area (Å²) in [5.41, 5.74) is 2.50. The van der Waals surface area contributed by atoms with Gasteiger partial charge in [-0.1, -0.05) is 13.0 Å². The molecule has 0 bridgehead atoms. The molecular formula is C19H21FO2. The molecule has 116 valence electrons. The maximum absolute atomic E-state index is 12.9. The highest BCUT2D eigenvalue weighted by molar-refractivity contribution is 5.89. The van der Waals surface area contributed by atoms with Gasteiger partial charge in [0.1, 0.15) is 5.78 Å². The largest absolute Gasteiger partial charge is 0.332 e. The van der Waals surface area contributed by atoms with Crippen LogP contribution >= 0.6 is 0 Å². The Kier molecular flexibility index (Phi) is 3.04. The van der Waals surface area contributed by atoms with E-state index in [1.807, 2.05) is 6.07 Å². The second-order valence-corrected chi connectivity index (χ2v) is 7.52. The van der Waals surface area contributed by atoms with E-state index < -0.39 is 6.04 Å². The minimum atomic E-state index is -1.34. The van der Waals surface area contributed by atoms with Gasteiger partial charge in [-0.2, -0.15) is 4.39 Å². The maximum atomic E-state index is 12.9. The molecule has 0 N–H and O–H groups in total. The molecule has 3 aliphatic rings. The van der Waals surface area contributed by atoms with Gasteiger partial charge >= 0.3 is 6.04 Å². The molecule has 0 radical (unpaired) electrons. The Bertz CT molecular complexity index is 665. The van der Waals surface area contributed by atoms with E-state index in [1.54, 1.807) is 12.1 Å². The van der Waals surface area contributed by atoms with Crippen LogP contribution in [0.1, 0.15) is 66.4 Å². The first-order valence-electron chi connectivity index (χ1n) is 8.36. The van der Waals surface area contributed by atoms with Crippen LogP contribution in [0.3, 0.4) is 0 Å². The van der Waals surface area contributed by atoms with Crippen molar-refractivity contribution in [1.29, 1.82) is 0 Å². The lowest BCUT2D eigenvalue weighted by atomic mass is 9.55. The highest BCUT2D eigenvalue weighted by Crippen LogP contribution is 2.59. The molecular weight excluding hydrogens is 279 g/mol. The first kappa shape index (κ1) is 14.1. The number of halogens is 1. The molecule has 0 amide bonds. The standard InChI is InChI=1S/C19H21FO2/c1-19-9-8-14-13-4-3-12(18(20)22)10-11(13)2-5-15(14)16(19)6-7-17(19)21/h3-4,10,14-16H,2,5-9H2,1H3/t14-,15-,16+,19+/m1/s1. The van der Waals surface area contributed by atoms with Crippen LogP contribution in [-0.4, -0.2) is 11.8 Å². The number of aryl methyl sites for hydroxylation is 1. The Morgan fingerprint density at radius 3 is 2.82 bits per heavy atom. The van der Waals surface area contributed by atoms with Crippen molar-refractivity contribution in [3.05, 3.63) is 34.9 Å². The molecule has 0 aliphatic heterocycles. The number of carbonyl (C=O) groups excluding carboxylic acids is 2. The fraction of sp³-hybridized carbons (Fsp3) is 0.579. The minimum absolute atomic E-state index is 0.104. The predicted molar refractivity (Wildman–Crippen MR) is 81.5 cm³/mol. The van der Waals surface area contributed by atoms with Crippen LogP contribution in [0.2, 0.25) is 0 Å². The summed E-state index contributed by atoms with van der Waals surface area (Å²) in [6.07, 6.45) is 5.76. The summed E-state index contributed by atoms with van der Waals surface area (Å²) in [4.78, 5) is 23.2. The lowest BCUT2D eigenvalue weighted by Gasteiger charge is -2.48. The van der Waals surface area contributed by atoms with Gasteiger partial charge in [-0.15, -0.1) is 0 Å². The smallest absolute Gasteiger partial charge is 0.299 e. The van der Waals surface area contributed by atoms with E-state index >= 15 is 0 Å². The van der Waals surface area contributed by atoms with Gasteiger partial charge in [-0.25, -0.2) is 0 Å². The van der Waals surface area contributed by atoms with Crippen molar-refractivity contribution in [2.24, 2.45) is 17.3 Å². The van der Waals surface area contributed by atoms with Crippen LogP contribution in [-0.2, 0) is 11.2 Å². The second-order valence-electron chi connectivity index (χ2n) is 7.52. The molecule has 3 aliphatic carbocycles. The molecule has 4 atom stereocenters. The Morgan fingerprint density at radius 1 is 1.23 bits per heavy atom. The van der Waals surface area contributed by atoms with Crippen molar-refractivity contribution in [2.45, 2.75) is 51.4 Å². The van der Waals surface area contributed by atoms with E-state index in [2.05, 4.69) is 6.92 Å². The van der Waals surface area contributed by atoms with Crippen LogP contribution in [0.4, 0.5) is 4.39 Å². The molecule has 0 saturated heterocycles. The van der Waals surface area contributed by atoms with Gasteiger partial charge < -0.3 is 0 Å². The first-order chi connectivity index (χ1) is 10.5. The monoisotopic (exact) mass is 300 g/mol. The predicted octanol–water partition coefficient (Wildman–Crippen LogP) is 4.22. The number of benzene rings is 1. The molecule has 3 heteroatoms. The van der Waals surface area contributed by atoms with E-state index in [0.717, 1.165) is 44.1 Å². The van der Waals surface area contributed by atoms with E-state index in [9.17, 15) is 14.0 Å². The summed E-state index contributed by atoms with van der Waals surface area (Å²) >= 11 is 0. The molecule has 0 heterocycles. The first-order valence-corrected chi connectivity index (χ1v) is 8.36. The summed E-state index contributed by atoms with van der Waals surface area (Å²) in [5, 5.41) is 0. The summed E-state index contributed by atoms with van der Waals surface area (Å²) in [6, 6.07) is 3.97. The van der Waals surface area contributed by atoms with E-state index in [0.29, 0.717) is 23.5 Å². The average Bonchev–Trinajstić information content (AvgIpc) is 2.82. The molecule has 0 spiro atoms. The highest BCUT2D eigenvalue weighted by Gasteiger charge is 2.54. The van der Waals surface area contributed by atoms with Gasteiger partial charge in [0, 0.05) is 11.8 Å². The number of hydrogen-bond acceptors (Lipinski definition) is 2. The Morgan fingerprint density at radius 2 is 2.05 bits per heavy atom. The number of fused-ring (bicyclic) bond motifs is 5. The normalized spacial score (nSPS) is 36.5. The quantitative estimate of drug-likeness (QED) is 0.728. The summed E-state index contributed by atoms with van der Waals surface area (Å²) < 4.78 is 12.9. The average molecular weight is 300 g/mol. The van der Waals surface area contributed by atoms with Crippen molar-refractivity contribution in [3.8, 4) is 0 Å². The third kappa shape index (κ3) is 1.84. The van der Waals surface area contributed by atoms with Gasteiger partial charge in [0.15, 0.2) is 0 Å². The van der Waals surface area contributed by atoms with E-state index in [-0.39, 0.29) is 11.0 Å². The van der Waals surface area contributed by atoms with Crippen LogP contribution in [0.5, 0.6) is 0 Å². The van der Waals surface area contributed by atoms with Crippen molar-refractivity contribution in [3.63, 3.8) is 0 Å².